The third-order valence-corrected chi connectivity index (χ3v) is 9.32. The standard InChI is InChI=1S/C36H70NO10P/c1-3-5-6-7-8-9-10-11-12-13-14-15-16-17-18-19-20-21-22-23-24-25-26-28-35(40)45-29-32(38)30-46-48(43,44)47-31-33(36(41)42)37-34(39)27-4-2/h32-33,38H,3-31H2,1-2H3,(H,37,39)(H,41,42)(H,43,44). The molecule has 284 valence electrons. The van der Waals surface area contributed by atoms with E-state index in [2.05, 4.69) is 21.3 Å². The minimum absolute atomic E-state index is 0.0988. The van der Waals surface area contributed by atoms with Gasteiger partial charge in [0, 0.05) is 12.8 Å². The second-order valence-corrected chi connectivity index (χ2v) is 14.6. The van der Waals surface area contributed by atoms with Crippen molar-refractivity contribution in [2.75, 3.05) is 19.8 Å². The maximum absolute atomic E-state index is 12.0. The Morgan fingerprint density at radius 1 is 0.583 bits per heavy atom. The van der Waals surface area contributed by atoms with Crippen molar-refractivity contribution >= 4 is 25.7 Å². The van der Waals surface area contributed by atoms with Crippen LogP contribution in [-0.2, 0) is 32.7 Å². The number of amides is 1. The Labute approximate surface area is 291 Å². The molecule has 0 rings (SSSR count). The second-order valence-electron chi connectivity index (χ2n) is 13.1. The molecule has 3 atom stereocenters. The van der Waals surface area contributed by atoms with E-state index in [1.165, 1.54) is 122 Å². The average molecular weight is 708 g/mol. The number of carbonyl (C=O) groups is 3. The Morgan fingerprint density at radius 2 is 0.979 bits per heavy atom. The van der Waals surface area contributed by atoms with E-state index in [-0.39, 0.29) is 12.8 Å². The molecule has 0 aliphatic carbocycles. The topological polar surface area (TPSA) is 169 Å². The largest absolute Gasteiger partial charge is 0.480 e. The quantitative estimate of drug-likeness (QED) is 0.0281. The van der Waals surface area contributed by atoms with Crippen LogP contribution in [0.2, 0.25) is 0 Å². The zero-order valence-corrected chi connectivity index (χ0v) is 31.2. The summed E-state index contributed by atoms with van der Waals surface area (Å²) in [6, 6.07) is -1.53. The number of esters is 1. The van der Waals surface area contributed by atoms with Gasteiger partial charge in [0.05, 0.1) is 13.2 Å². The van der Waals surface area contributed by atoms with Crippen LogP contribution in [0.25, 0.3) is 0 Å². The van der Waals surface area contributed by atoms with Gasteiger partial charge in [0.15, 0.2) is 6.04 Å². The number of hydrogen-bond acceptors (Lipinski definition) is 8. The fourth-order valence-electron chi connectivity index (χ4n) is 5.42. The monoisotopic (exact) mass is 707 g/mol. The molecular formula is C36H70NO10P. The van der Waals surface area contributed by atoms with Crippen molar-refractivity contribution in [1.82, 2.24) is 5.32 Å². The van der Waals surface area contributed by atoms with Crippen molar-refractivity contribution in [2.24, 2.45) is 0 Å². The van der Waals surface area contributed by atoms with Gasteiger partial charge in [-0.05, 0) is 12.8 Å². The molecule has 0 heterocycles. The Bertz CT molecular complexity index is 844. The first kappa shape index (κ1) is 46.5. The molecule has 4 N–H and O–H groups in total. The summed E-state index contributed by atoms with van der Waals surface area (Å²) < 4.78 is 26.3. The molecule has 0 aromatic carbocycles. The first-order chi connectivity index (χ1) is 23.1. The lowest BCUT2D eigenvalue weighted by atomic mass is 10.0. The van der Waals surface area contributed by atoms with Crippen molar-refractivity contribution < 1.29 is 47.8 Å². The summed E-state index contributed by atoms with van der Waals surface area (Å²) in [5.41, 5.74) is 0. The van der Waals surface area contributed by atoms with Crippen LogP contribution in [0.5, 0.6) is 0 Å². The van der Waals surface area contributed by atoms with Crippen molar-refractivity contribution in [3.63, 3.8) is 0 Å². The first-order valence-corrected chi connectivity index (χ1v) is 20.6. The Hall–Kier alpha value is -1.52. The van der Waals surface area contributed by atoms with Gasteiger partial charge in [-0.15, -0.1) is 0 Å². The number of unbranched alkanes of at least 4 members (excludes halogenated alkanes) is 22. The lowest BCUT2D eigenvalue weighted by molar-refractivity contribution is -0.147. The van der Waals surface area contributed by atoms with E-state index >= 15 is 0 Å². The molecule has 11 nitrogen and oxygen atoms in total. The zero-order valence-electron chi connectivity index (χ0n) is 30.3. The van der Waals surface area contributed by atoms with Gasteiger partial charge >= 0.3 is 19.8 Å². The van der Waals surface area contributed by atoms with Gasteiger partial charge < -0.3 is 25.2 Å². The Morgan fingerprint density at radius 3 is 1.38 bits per heavy atom. The number of carboxylic acids is 1. The van der Waals surface area contributed by atoms with E-state index in [1.807, 2.05) is 0 Å². The highest BCUT2D eigenvalue weighted by atomic mass is 31.2. The van der Waals surface area contributed by atoms with Crippen LogP contribution in [-0.4, -0.2) is 64.9 Å². The molecule has 0 saturated carbocycles. The zero-order chi connectivity index (χ0) is 35.7. The van der Waals surface area contributed by atoms with Crippen LogP contribution >= 0.6 is 7.82 Å². The molecule has 1 amide bonds. The number of hydrogen-bond donors (Lipinski definition) is 4. The SMILES string of the molecule is CCCCCCCCCCCCCCCCCCCCCCCCCC(=O)OCC(O)COP(=O)(O)OCC(NC(=O)CCC)C(=O)O. The minimum atomic E-state index is -4.71. The number of nitrogens with one attached hydrogen (secondary N) is 1. The summed E-state index contributed by atoms with van der Waals surface area (Å²) in [4.78, 5) is 44.5. The lowest BCUT2D eigenvalue weighted by Crippen LogP contribution is -2.43. The van der Waals surface area contributed by atoms with Crippen molar-refractivity contribution in [2.45, 2.75) is 193 Å². The first-order valence-electron chi connectivity index (χ1n) is 19.1. The molecule has 48 heavy (non-hydrogen) atoms. The minimum Gasteiger partial charge on any atom is -0.480 e. The number of rotatable bonds is 36. The van der Waals surface area contributed by atoms with Crippen LogP contribution in [0, 0.1) is 0 Å². The summed E-state index contributed by atoms with van der Waals surface area (Å²) in [6.45, 7) is 2.14. The number of phosphoric ester groups is 1. The normalized spacial score (nSPS) is 13.9. The predicted molar refractivity (Wildman–Crippen MR) is 190 cm³/mol. The molecule has 0 aliphatic rings. The number of aliphatic carboxylic acids is 1. The fourth-order valence-corrected chi connectivity index (χ4v) is 6.19. The summed E-state index contributed by atoms with van der Waals surface area (Å²) >= 11 is 0. The lowest BCUT2D eigenvalue weighted by Gasteiger charge is -2.18. The van der Waals surface area contributed by atoms with Crippen LogP contribution < -0.4 is 5.32 Å². The highest BCUT2D eigenvalue weighted by Gasteiger charge is 2.28. The maximum Gasteiger partial charge on any atom is 0.472 e. The summed E-state index contributed by atoms with van der Waals surface area (Å²) in [5, 5.41) is 21.3. The van der Waals surface area contributed by atoms with E-state index < -0.39 is 57.6 Å². The molecule has 0 aliphatic heterocycles. The van der Waals surface area contributed by atoms with Gasteiger partial charge in [-0.3, -0.25) is 18.6 Å². The van der Waals surface area contributed by atoms with Gasteiger partial charge in [0.25, 0.3) is 0 Å². The van der Waals surface area contributed by atoms with E-state index in [0.717, 1.165) is 19.3 Å². The molecule has 0 aromatic heterocycles. The van der Waals surface area contributed by atoms with Gasteiger partial charge in [-0.2, -0.15) is 0 Å². The number of aliphatic hydroxyl groups is 1. The van der Waals surface area contributed by atoms with Crippen molar-refractivity contribution in [3.05, 3.63) is 0 Å². The number of carboxylic acid groups (broad SMARTS) is 1. The molecular weight excluding hydrogens is 637 g/mol. The maximum atomic E-state index is 12.0. The Kier molecular flexibility index (Phi) is 31.6. The summed E-state index contributed by atoms with van der Waals surface area (Å²) in [7, 11) is -4.71. The van der Waals surface area contributed by atoms with E-state index in [4.69, 9.17) is 9.84 Å². The van der Waals surface area contributed by atoms with Gasteiger partial charge in [0.2, 0.25) is 5.91 Å². The van der Waals surface area contributed by atoms with Gasteiger partial charge in [-0.25, -0.2) is 9.36 Å². The third kappa shape index (κ3) is 31.7. The molecule has 0 saturated heterocycles. The molecule has 0 aromatic rings. The van der Waals surface area contributed by atoms with Crippen LogP contribution in [0.15, 0.2) is 0 Å². The predicted octanol–water partition coefficient (Wildman–Crippen LogP) is 8.78. The van der Waals surface area contributed by atoms with Crippen LogP contribution in [0.4, 0.5) is 0 Å². The number of aliphatic hydroxyl groups excluding tert-OH is 1. The van der Waals surface area contributed by atoms with Crippen molar-refractivity contribution in [1.29, 1.82) is 0 Å². The highest BCUT2D eigenvalue weighted by Crippen LogP contribution is 2.43. The molecule has 0 radical (unpaired) electrons. The van der Waals surface area contributed by atoms with Crippen LogP contribution in [0.1, 0.15) is 181 Å². The number of phosphoric acid groups is 1. The molecule has 12 heteroatoms. The molecule has 0 bridgehead atoms. The second kappa shape index (κ2) is 32.7. The Balaban J connectivity index is 3.59. The van der Waals surface area contributed by atoms with Gasteiger partial charge in [0.1, 0.15) is 12.7 Å². The van der Waals surface area contributed by atoms with Crippen LogP contribution in [0.3, 0.4) is 0 Å². The highest BCUT2D eigenvalue weighted by molar-refractivity contribution is 7.47. The third-order valence-electron chi connectivity index (χ3n) is 8.37. The van der Waals surface area contributed by atoms with Gasteiger partial charge in [-0.1, -0.05) is 155 Å². The summed E-state index contributed by atoms with van der Waals surface area (Å²) in [6.07, 6.45) is 29.4. The fraction of sp³-hybridized carbons (Fsp3) is 0.917. The summed E-state index contributed by atoms with van der Waals surface area (Å²) in [5.74, 6) is -2.43. The van der Waals surface area contributed by atoms with E-state index in [9.17, 15) is 28.9 Å². The van der Waals surface area contributed by atoms with E-state index in [1.54, 1.807) is 6.92 Å². The number of ether oxygens (including phenoxy) is 1. The molecule has 0 fully saturated rings. The molecule has 0 spiro atoms. The smallest absolute Gasteiger partial charge is 0.472 e. The average Bonchev–Trinajstić information content (AvgIpc) is 3.05. The van der Waals surface area contributed by atoms with Crippen molar-refractivity contribution in [3.8, 4) is 0 Å². The van der Waals surface area contributed by atoms with E-state index in [0.29, 0.717) is 12.8 Å². The number of carbonyl (C=O) groups excluding carboxylic acids is 2. The molecule has 3 unspecified atom stereocenters.